The van der Waals surface area contributed by atoms with E-state index in [0.29, 0.717) is 24.6 Å². The summed E-state index contributed by atoms with van der Waals surface area (Å²) >= 11 is 0. The number of aromatic nitrogens is 3. The van der Waals surface area contributed by atoms with Gasteiger partial charge in [-0.3, -0.25) is 4.98 Å². The molecule has 0 unspecified atom stereocenters. The van der Waals surface area contributed by atoms with Gasteiger partial charge in [-0.1, -0.05) is 30.3 Å². The molecule has 0 atom stereocenters. The first-order valence-electron chi connectivity index (χ1n) is 7.32. The fourth-order valence-corrected chi connectivity index (χ4v) is 2.17. The predicted molar refractivity (Wildman–Crippen MR) is 89.4 cm³/mol. The Hall–Kier alpha value is -3.26. The Bertz CT molecular complexity index is 752. The number of nitrogens with zero attached hydrogens (tertiary/aromatic N) is 4. The molecule has 112 valence electrons. The molecular formula is C18H15N5. The molecule has 3 aromatic rings. The molecule has 3 rings (SSSR count). The van der Waals surface area contributed by atoms with Gasteiger partial charge < -0.3 is 5.32 Å². The Morgan fingerprint density at radius 3 is 2.48 bits per heavy atom. The second kappa shape index (κ2) is 7.14. The zero-order valence-electron chi connectivity index (χ0n) is 12.5. The fourth-order valence-electron chi connectivity index (χ4n) is 2.17. The van der Waals surface area contributed by atoms with Gasteiger partial charge >= 0.3 is 0 Å². The number of benzene rings is 1. The standard InChI is InChI=1S/C18H15N5/c19-9-4-10-21-17-13-16(14-5-2-1-3-6-14)22-18(23-17)15-7-11-20-12-8-15/h1-3,5-8,11-13H,4,10H2,(H,21,22,23). The average molecular weight is 301 g/mol. The van der Waals surface area contributed by atoms with Crippen molar-refractivity contribution in [3.05, 3.63) is 60.9 Å². The normalized spacial score (nSPS) is 10.0. The minimum atomic E-state index is 0.426. The third-order valence-corrected chi connectivity index (χ3v) is 3.28. The summed E-state index contributed by atoms with van der Waals surface area (Å²) in [5.74, 6) is 1.34. The van der Waals surface area contributed by atoms with E-state index in [-0.39, 0.29) is 0 Å². The molecule has 0 radical (unpaired) electrons. The van der Waals surface area contributed by atoms with Crippen LogP contribution in [0, 0.1) is 11.3 Å². The van der Waals surface area contributed by atoms with Gasteiger partial charge in [-0.25, -0.2) is 9.97 Å². The van der Waals surface area contributed by atoms with Gasteiger partial charge in [-0.2, -0.15) is 5.26 Å². The van der Waals surface area contributed by atoms with Crippen LogP contribution < -0.4 is 5.32 Å². The van der Waals surface area contributed by atoms with E-state index in [4.69, 9.17) is 5.26 Å². The van der Waals surface area contributed by atoms with E-state index in [9.17, 15) is 0 Å². The lowest BCUT2D eigenvalue weighted by Crippen LogP contribution is -2.05. The summed E-state index contributed by atoms with van der Waals surface area (Å²) in [6.45, 7) is 0.553. The number of pyridine rings is 1. The quantitative estimate of drug-likeness (QED) is 0.730. The first-order chi connectivity index (χ1) is 11.4. The molecule has 0 aliphatic rings. The lowest BCUT2D eigenvalue weighted by atomic mass is 10.1. The Balaban J connectivity index is 2.02. The molecule has 0 bridgehead atoms. The third-order valence-electron chi connectivity index (χ3n) is 3.28. The number of nitrogens with one attached hydrogen (secondary N) is 1. The smallest absolute Gasteiger partial charge is 0.162 e. The van der Waals surface area contributed by atoms with Gasteiger partial charge in [0.15, 0.2) is 5.82 Å². The number of hydrogen-bond donors (Lipinski definition) is 1. The van der Waals surface area contributed by atoms with E-state index in [1.807, 2.05) is 48.5 Å². The molecular weight excluding hydrogens is 286 g/mol. The Kier molecular flexibility index (Phi) is 4.55. The molecule has 0 fully saturated rings. The van der Waals surface area contributed by atoms with Crippen LogP contribution >= 0.6 is 0 Å². The minimum Gasteiger partial charge on any atom is -0.369 e. The fraction of sp³-hybridized carbons (Fsp3) is 0.111. The van der Waals surface area contributed by atoms with E-state index in [0.717, 1.165) is 16.8 Å². The Morgan fingerprint density at radius 1 is 0.957 bits per heavy atom. The number of hydrogen-bond acceptors (Lipinski definition) is 5. The van der Waals surface area contributed by atoms with E-state index in [2.05, 4.69) is 26.3 Å². The third kappa shape index (κ3) is 3.69. The Labute approximate surface area is 134 Å². The van der Waals surface area contributed by atoms with Gasteiger partial charge in [0.25, 0.3) is 0 Å². The van der Waals surface area contributed by atoms with Crippen LogP contribution in [0.3, 0.4) is 0 Å². The summed E-state index contributed by atoms with van der Waals surface area (Å²) in [6.07, 6.45) is 3.86. The molecule has 23 heavy (non-hydrogen) atoms. The molecule has 0 aliphatic carbocycles. The van der Waals surface area contributed by atoms with Crippen LogP contribution in [0.1, 0.15) is 6.42 Å². The SMILES string of the molecule is N#CCCNc1cc(-c2ccccc2)nc(-c2ccncc2)n1. The number of nitriles is 1. The minimum absolute atomic E-state index is 0.426. The van der Waals surface area contributed by atoms with Crippen LogP contribution in [0.25, 0.3) is 22.6 Å². The van der Waals surface area contributed by atoms with Gasteiger partial charge in [0, 0.05) is 36.1 Å². The van der Waals surface area contributed by atoms with Crippen molar-refractivity contribution >= 4 is 5.82 Å². The van der Waals surface area contributed by atoms with E-state index in [1.54, 1.807) is 12.4 Å². The highest BCUT2D eigenvalue weighted by Gasteiger charge is 2.08. The highest BCUT2D eigenvalue weighted by Crippen LogP contribution is 2.23. The van der Waals surface area contributed by atoms with Crippen molar-refractivity contribution < 1.29 is 0 Å². The van der Waals surface area contributed by atoms with Crippen LogP contribution in [-0.4, -0.2) is 21.5 Å². The van der Waals surface area contributed by atoms with Crippen molar-refractivity contribution in [2.24, 2.45) is 0 Å². The van der Waals surface area contributed by atoms with E-state index in [1.165, 1.54) is 0 Å². The molecule has 0 aliphatic heterocycles. The zero-order chi connectivity index (χ0) is 15.9. The average Bonchev–Trinajstić information content (AvgIpc) is 2.63. The lowest BCUT2D eigenvalue weighted by molar-refractivity contribution is 1.05. The van der Waals surface area contributed by atoms with Gasteiger partial charge in [-0.05, 0) is 12.1 Å². The van der Waals surface area contributed by atoms with Gasteiger partial charge in [0.1, 0.15) is 5.82 Å². The monoisotopic (exact) mass is 301 g/mol. The summed E-state index contributed by atoms with van der Waals surface area (Å²) in [5, 5.41) is 11.9. The molecule has 0 amide bonds. The molecule has 2 heterocycles. The molecule has 5 heteroatoms. The van der Waals surface area contributed by atoms with Crippen LogP contribution in [0.15, 0.2) is 60.9 Å². The summed E-state index contributed by atoms with van der Waals surface area (Å²) in [4.78, 5) is 13.2. The van der Waals surface area contributed by atoms with Crippen molar-refractivity contribution in [1.82, 2.24) is 15.0 Å². The summed E-state index contributed by atoms with van der Waals surface area (Å²) < 4.78 is 0. The van der Waals surface area contributed by atoms with Crippen LogP contribution in [0.4, 0.5) is 5.82 Å². The maximum atomic E-state index is 8.68. The van der Waals surface area contributed by atoms with Crippen molar-refractivity contribution in [3.8, 4) is 28.7 Å². The number of rotatable bonds is 5. The van der Waals surface area contributed by atoms with Gasteiger partial charge in [0.2, 0.25) is 0 Å². The maximum Gasteiger partial charge on any atom is 0.162 e. The van der Waals surface area contributed by atoms with Crippen molar-refractivity contribution in [2.75, 3.05) is 11.9 Å². The molecule has 1 N–H and O–H groups in total. The largest absolute Gasteiger partial charge is 0.369 e. The number of anilines is 1. The first-order valence-corrected chi connectivity index (χ1v) is 7.32. The highest BCUT2D eigenvalue weighted by atomic mass is 15.0. The van der Waals surface area contributed by atoms with Crippen LogP contribution in [-0.2, 0) is 0 Å². The molecule has 5 nitrogen and oxygen atoms in total. The van der Waals surface area contributed by atoms with Crippen molar-refractivity contribution in [1.29, 1.82) is 5.26 Å². The van der Waals surface area contributed by atoms with Crippen molar-refractivity contribution in [3.63, 3.8) is 0 Å². The van der Waals surface area contributed by atoms with Crippen molar-refractivity contribution in [2.45, 2.75) is 6.42 Å². The van der Waals surface area contributed by atoms with E-state index < -0.39 is 0 Å². The highest BCUT2D eigenvalue weighted by molar-refractivity contribution is 5.67. The molecule has 2 aromatic heterocycles. The topological polar surface area (TPSA) is 74.5 Å². The van der Waals surface area contributed by atoms with Gasteiger partial charge in [-0.15, -0.1) is 0 Å². The summed E-state index contributed by atoms with van der Waals surface area (Å²) in [6, 6.07) is 17.7. The first kappa shape index (κ1) is 14.7. The molecule has 0 saturated carbocycles. The second-order valence-electron chi connectivity index (χ2n) is 4.90. The lowest BCUT2D eigenvalue weighted by Gasteiger charge is -2.09. The second-order valence-corrected chi connectivity index (χ2v) is 4.90. The zero-order valence-corrected chi connectivity index (χ0v) is 12.5. The Morgan fingerprint density at radius 2 is 1.74 bits per heavy atom. The summed E-state index contributed by atoms with van der Waals surface area (Å²) in [5.41, 5.74) is 2.77. The van der Waals surface area contributed by atoms with Crippen LogP contribution in [0.5, 0.6) is 0 Å². The molecule has 1 aromatic carbocycles. The molecule has 0 saturated heterocycles. The van der Waals surface area contributed by atoms with E-state index >= 15 is 0 Å². The van der Waals surface area contributed by atoms with Gasteiger partial charge in [0.05, 0.1) is 18.2 Å². The summed E-state index contributed by atoms with van der Waals surface area (Å²) in [7, 11) is 0. The maximum absolute atomic E-state index is 8.68. The molecule has 0 spiro atoms. The van der Waals surface area contributed by atoms with Crippen LogP contribution in [0.2, 0.25) is 0 Å². The predicted octanol–water partition coefficient (Wildman–Crippen LogP) is 3.53.